The molecule has 0 bridgehead atoms. The summed E-state index contributed by atoms with van der Waals surface area (Å²) >= 11 is 0. The molecule has 0 fully saturated rings. The van der Waals surface area contributed by atoms with Crippen molar-refractivity contribution in [2.45, 2.75) is 38.7 Å². The number of rotatable bonds is 5. The molecule has 1 aliphatic heterocycles. The first-order valence-corrected chi connectivity index (χ1v) is 14.6. The fourth-order valence-electron chi connectivity index (χ4n) is 7.08. The van der Waals surface area contributed by atoms with E-state index in [2.05, 4.69) is 118 Å². The molecule has 0 N–H and O–H groups in total. The Labute approximate surface area is 241 Å². The zero-order chi connectivity index (χ0) is 28.4. The molecule has 0 amide bonds. The lowest BCUT2D eigenvalue weighted by Gasteiger charge is -2.38. The summed E-state index contributed by atoms with van der Waals surface area (Å²) in [6.07, 6.45) is 4.42. The molecule has 5 aromatic rings. The van der Waals surface area contributed by atoms with Crippen molar-refractivity contribution >= 4 is 22.5 Å². The van der Waals surface area contributed by atoms with Crippen LogP contribution in [0, 0.1) is 5.82 Å². The maximum Gasteiger partial charge on any atom is 0.178 e. The Kier molecular flexibility index (Phi) is 5.83. The lowest BCUT2D eigenvalue weighted by Crippen LogP contribution is -2.35. The zero-order valence-electron chi connectivity index (χ0n) is 24.0. The lowest BCUT2D eigenvalue weighted by molar-refractivity contribution is 0.163. The lowest BCUT2D eigenvalue weighted by atomic mass is 9.77. The van der Waals surface area contributed by atoms with E-state index in [9.17, 15) is 4.39 Å². The molecule has 0 aromatic heterocycles. The molecule has 0 saturated heterocycles. The maximum atomic E-state index is 14.1. The minimum atomic E-state index is -0.908. The summed E-state index contributed by atoms with van der Waals surface area (Å²) in [6.45, 7) is 10.9. The summed E-state index contributed by atoms with van der Waals surface area (Å²) in [5.74, 6) is 0.614. The molecule has 1 heterocycles. The number of benzene rings is 5. The van der Waals surface area contributed by atoms with Gasteiger partial charge in [-0.15, -0.1) is 0 Å². The van der Waals surface area contributed by atoms with Gasteiger partial charge in [-0.05, 0) is 71.8 Å². The molecular formula is C38H34FNO. The smallest absolute Gasteiger partial charge is 0.178 e. The summed E-state index contributed by atoms with van der Waals surface area (Å²) in [7, 11) is 0. The van der Waals surface area contributed by atoms with Gasteiger partial charge in [0.1, 0.15) is 11.6 Å². The van der Waals surface area contributed by atoms with E-state index < -0.39 is 5.60 Å². The quantitative estimate of drug-likeness (QED) is 0.221. The third-order valence-corrected chi connectivity index (χ3v) is 9.15. The zero-order valence-corrected chi connectivity index (χ0v) is 24.0. The number of hydrogen-bond acceptors (Lipinski definition) is 2. The molecule has 1 atom stereocenters. The Hall–Kier alpha value is -4.37. The minimum absolute atomic E-state index is 0.185. The molecule has 5 aromatic carbocycles. The summed E-state index contributed by atoms with van der Waals surface area (Å²) in [5, 5.41) is 2.28. The van der Waals surface area contributed by atoms with Gasteiger partial charge in [-0.2, -0.15) is 0 Å². The number of anilines is 1. The Morgan fingerprint density at radius 2 is 1.34 bits per heavy atom. The molecule has 7 rings (SSSR count). The molecule has 0 saturated carbocycles. The second-order valence-corrected chi connectivity index (χ2v) is 11.6. The van der Waals surface area contributed by atoms with Gasteiger partial charge >= 0.3 is 0 Å². The maximum absolute atomic E-state index is 14.1. The normalized spacial score (nSPS) is 18.0. The molecule has 0 spiro atoms. The minimum Gasteiger partial charge on any atom is -0.472 e. The standard InChI is InChI=1S/C38H34FNO/c1-5-40(6-2)28-21-17-26(18-22-28)38(25-15-19-27(39)20-16-25)24-23-32-35-34(29-11-7-8-12-30(29)36(32)41-38)31-13-9-10-14-33(31)37(35,3)4/h7-24H,5-6H2,1-4H3. The van der Waals surface area contributed by atoms with Gasteiger partial charge in [-0.25, -0.2) is 4.39 Å². The van der Waals surface area contributed by atoms with E-state index in [-0.39, 0.29) is 11.2 Å². The largest absolute Gasteiger partial charge is 0.472 e. The van der Waals surface area contributed by atoms with E-state index >= 15 is 0 Å². The molecule has 2 nitrogen and oxygen atoms in total. The Balaban J connectivity index is 1.49. The van der Waals surface area contributed by atoms with Gasteiger partial charge in [-0.3, -0.25) is 0 Å². The van der Waals surface area contributed by atoms with Crippen LogP contribution in [0.25, 0.3) is 28.0 Å². The number of hydrogen-bond donors (Lipinski definition) is 0. The van der Waals surface area contributed by atoms with E-state index in [0.717, 1.165) is 40.9 Å². The number of ether oxygens (including phenoxy) is 1. The van der Waals surface area contributed by atoms with E-state index in [0.29, 0.717) is 0 Å². The first-order chi connectivity index (χ1) is 19.9. The topological polar surface area (TPSA) is 12.5 Å². The highest BCUT2D eigenvalue weighted by molar-refractivity contribution is 6.08. The Morgan fingerprint density at radius 1 is 0.732 bits per heavy atom. The van der Waals surface area contributed by atoms with E-state index in [1.807, 2.05) is 12.1 Å². The highest BCUT2D eigenvalue weighted by atomic mass is 19.1. The fraction of sp³-hybridized carbons (Fsp3) is 0.211. The highest BCUT2D eigenvalue weighted by Crippen LogP contribution is 2.58. The summed E-state index contributed by atoms with van der Waals surface area (Å²) < 4.78 is 21.4. The first kappa shape index (κ1) is 25.6. The van der Waals surface area contributed by atoms with Crippen LogP contribution in [0.3, 0.4) is 0 Å². The van der Waals surface area contributed by atoms with Gasteiger partial charge in [0.25, 0.3) is 0 Å². The molecule has 0 radical (unpaired) electrons. The van der Waals surface area contributed by atoms with Crippen molar-refractivity contribution in [3.8, 4) is 16.9 Å². The van der Waals surface area contributed by atoms with Crippen molar-refractivity contribution in [2.24, 2.45) is 0 Å². The summed E-state index contributed by atoms with van der Waals surface area (Å²) in [4.78, 5) is 2.33. The highest BCUT2D eigenvalue weighted by Gasteiger charge is 2.44. The van der Waals surface area contributed by atoms with E-state index in [1.165, 1.54) is 45.5 Å². The molecular weight excluding hydrogens is 505 g/mol. The SMILES string of the molecule is CCN(CC)c1ccc(C2(c3ccc(F)cc3)C=Cc3c4c(c5ccccc5c3O2)-c2ccccc2C4(C)C)cc1. The monoisotopic (exact) mass is 539 g/mol. The van der Waals surface area contributed by atoms with Crippen LogP contribution in [0.4, 0.5) is 10.1 Å². The second-order valence-electron chi connectivity index (χ2n) is 11.6. The average Bonchev–Trinajstić information content (AvgIpc) is 3.25. The molecule has 2 aliphatic rings. The predicted octanol–water partition coefficient (Wildman–Crippen LogP) is 9.48. The van der Waals surface area contributed by atoms with Crippen molar-refractivity contribution in [1.29, 1.82) is 0 Å². The van der Waals surface area contributed by atoms with Crippen LogP contribution in [-0.2, 0) is 11.0 Å². The second kappa shape index (κ2) is 9.34. The number of fused-ring (bicyclic) bond motifs is 8. The third kappa shape index (κ3) is 3.68. The first-order valence-electron chi connectivity index (χ1n) is 14.6. The van der Waals surface area contributed by atoms with E-state index in [4.69, 9.17) is 4.74 Å². The van der Waals surface area contributed by atoms with Gasteiger partial charge in [0, 0.05) is 46.3 Å². The van der Waals surface area contributed by atoms with Crippen LogP contribution in [0.1, 0.15) is 55.5 Å². The predicted molar refractivity (Wildman–Crippen MR) is 168 cm³/mol. The van der Waals surface area contributed by atoms with Crippen molar-refractivity contribution in [3.05, 3.63) is 137 Å². The van der Waals surface area contributed by atoms with Gasteiger partial charge in [-0.1, -0.05) is 92.7 Å². The van der Waals surface area contributed by atoms with Gasteiger partial charge in [0.05, 0.1) is 0 Å². The Morgan fingerprint density at radius 3 is 2.02 bits per heavy atom. The van der Waals surface area contributed by atoms with E-state index in [1.54, 1.807) is 0 Å². The Bertz CT molecular complexity index is 1810. The number of halogens is 1. The van der Waals surface area contributed by atoms with Crippen LogP contribution in [0.2, 0.25) is 0 Å². The summed E-state index contributed by atoms with van der Waals surface area (Å²) in [5.41, 5.74) is 8.33. The van der Waals surface area contributed by atoms with Crippen molar-refractivity contribution < 1.29 is 9.13 Å². The van der Waals surface area contributed by atoms with Crippen molar-refractivity contribution in [2.75, 3.05) is 18.0 Å². The number of nitrogens with zero attached hydrogens (tertiary/aromatic N) is 1. The molecule has 3 heteroatoms. The van der Waals surface area contributed by atoms with Gasteiger partial charge in [0.2, 0.25) is 0 Å². The molecule has 41 heavy (non-hydrogen) atoms. The molecule has 204 valence electrons. The van der Waals surface area contributed by atoms with Crippen LogP contribution in [0.5, 0.6) is 5.75 Å². The van der Waals surface area contributed by atoms with Crippen LogP contribution in [-0.4, -0.2) is 13.1 Å². The molecule has 1 aliphatic carbocycles. The average molecular weight is 540 g/mol. The summed E-state index contributed by atoms with van der Waals surface area (Å²) in [6, 6.07) is 32.7. The van der Waals surface area contributed by atoms with Crippen LogP contribution < -0.4 is 9.64 Å². The van der Waals surface area contributed by atoms with Gasteiger partial charge in [0.15, 0.2) is 5.60 Å². The third-order valence-electron chi connectivity index (χ3n) is 9.15. The fourth-order valence-corrected chi connectivity index (χ4v) is 7.08. The van der Waals surface area contributed by atoms with Crippen LogP contribution in [0.15, 0.2) is 103 Å². The van der Waals surface area contributed by atoms with Crippen molar-refractivity contribution in [3.63, 3.8) is 0 Å². The van der Waals surface area contributed by atoms with Crippen LogP contribution >= 0.6 is 0 Å². The molecule has 1 unspecified atom stereocenters. The van der Waals surface area contributed by atoms with Crippen molar-refractivity contribution in [1.82, 2.24) is 0 Å². The van der Waals surface area contributed by atoms with Gasteiger partial charge < -0.3 is 9.64 Å².